The Labute approximate surface area is 122 Å². The molecule has 5 nitrogen and oxygen atoms in total. The van der Waals surface area contributed by atoms with Crippen LogP contribution in [0.5, 0.6) is 0 Å². The van der Waals surface area contributed by atoms with Gasteiger partial charge in [0.15, 0.2) is 0 Å². The number of amides is 1. The molecule has 1 aromatic heterocycles. The minimum absolute atomic E-state index is 0.242. The second-order valence-corrected chi connectivity index (χ2v) is 4.74. The standard InChI is InChI=1S/C16H16N2O3/c1-11-9-13(7-8-17-11)15(19)18-14(16(20)21)10-12-5-3-2-4-6-12/h2-9,14H,10H2,1H3,(H,18,19)(H,20,21)/t14-/m0/s1. The predicted octanol–water partition coefficient (Wildman–Crippen LogP) is 1.82. The highest BCUT2D eigenvalue weighted by Crippen LogP contribution is 2.06. The summed E-state index contributed by atoms with van der Waals surface area (Å²) < 4.78 is 0. The van der Waals surface area contributed by atoms with E-state index in [2.05, 4.69) is 10.3 Å². The van der Waals surface area contributed by atoms with Gasteiger partial charge in [-0.15, -0.1) is 0 Å². The fraction of sp³-hybridized carbons (Fsp3) is 0.188. The Hall–Kier alpha value is -2.69. The average Bonchev–Trinajstić information content (AvgIpc) is 2.47. The van der Waals surface area contributed by atoms with Crippen molar-refractivity contribution in [2.24, 2.45) is 0 Å². The van der Waals surface area contributed by atoms with E-state index in [0.29, 0.717) is 11.3 Å². The van der Waals surface area contributed by atoms with E-state index in [0.717, 1.165) is 5.56 Å². The quantitative estimate of drug-likeness (QED) is 0.877. The maximum absolute atomic E-state index is 12.1. The van der Waals surface area contributed by atoms with Crippen LogP contribution < -0.4 is 5.32 Å². The second kappa shape index (κ2) is 6.65. The first-order valence-corrected chi connectivity index (χ1v) is 6.56. The molecule has 2 rings (SSSR count). The highest BCUT2D eigenvalue weighted by Gasteiger charge is 2.21. The van der Waals surface area contributed by atoms with Crippen molar-refractivity contribution in [3.8, 4) is 0 Å². The number of nitrogens with zero attached hydrogens (tertiary/aromatic N) is 1. The summed E-state index contributed by atoms with van der Waals surface area (Å²) in [6.45, 7) is 1.77. The minimum Gasteiger partial charge on any atom is -0.480 e. The molecule has 0 aliphatic carbocycles. The molecule has 0 saturated carbocycles. The number of aromatic nitrogens is 1. The van der Waals surface area contributed by atoms with E-state index in [1.807, 2.05) is 30.3 Å². The lowest BCUT2D eigenvalue weighted by molar-refractivity contribution is -0.139. The van der Waals surface area contributed by atoms with Gasteiger partial charge < -0.3 is 10.4 Å². The van der Waals surface area contributed by atoms with Crippen LogP contribution in [0.1, 0.15) is 21.6 Å². The van der Waals surface area contributed by atoms with Crippen molar-refractivity contribution in [3.05, 3.63) is 65.5 Å². The van der Waals surface area contributed by atoms with E-state index in [1.54, 1.807) is 19.1 Å². The molecule has 2 aromatic rings. The predicted molar refractivity (Wildman–Crippen MR) is 78.0 cm³/mol. The molecule has 0 unspecified atom stereocenters. The second-order valence-electron chi connectivity index (χ2n) is 4.74. The van der Waals surface area contributed by atoms with Gasteiger partial charge in [-0.3, -0.25) is 9.78 Å². The molecule has 1 aromatic carbocycles. The first kappa shape index (κ1) is 14.7. The van der Waals surface area contributed by atoms with Crippen LogP contribution in [0.3, 0.4) is 0 Å². The number of aliphatic carboxylic acids is 1. The molecule has 1 atom stereocenters. The van der Waals surface area contributed by atoms with Crippen molar-refractivity contribution in [1.82, 2.24) is 10.3 Å². The number of aryl methyl sites for hydroxylation is 1. The lowest BCUT2D eigenvalue weighted by Gasteiger charge is -2.14. The zero-order valence-corrected chi connectivity index (χ0v) is 11.6. The number of carbonyl (C=O) groups excluding carboxylic acids is 1. The number of nitrogens with one attached hydrogen (secondary N) is 1. The Morgan fingerprint density at radius 3 is 2.57 bits per heavy atom. The van der Waals surface area contributed by atoms with Crippen molar-refractivity contribution in [2.75, 3.05) is 0 Å². The van der Waals surface area contributed by atoms with E-state index >= 15 is 0 Å². The summed E-state index contributed by atoms with van der Waals surface area (Å²) >= 11 is 0. The number of carboxylic acid groups (broad SMARTS) is 1. The largest absolute Gasteiger partial charge is 0.480 e. The van der Waals surface area contributed by atoms with Gasteiger partial charge in [0.05, 0.1) is 0 Å². The van der Waals surface area contributed by atoms with Crippen LogP contribution in [0.25, 0.3) is 0 Å². The normalized spacial score (nSPS) is 11.7. The molecule has 2 N–H and O–H groups in total. The number of hydrogen-bond acceptors (Lipinski definition) is 3. The van der Waals surface area contributed by atoms with Gasteiger partial charge in [0.2, 0.25) is 0 Å². The van der Waals surface area contributed by atoms with E-state index in [9.17, 15) is 14.7 Å². The SMILES string of the molecule is Cc1cc(C(=O)N[C@@H](Cc2ccccc2)C(=O)O)ccn1. The Balaban J connectivity index is 2.10. The Morgan fingerprint density at radius 2 is 1.95 bits per heavy atom. The molecule has 0 spiro atoms. The summed E-state index contributed by atoms with van der Waals surface area (Å²) in [4.78, 5) is 27.4. The summed E-state index contributed by atoms with van der Waals surface area (Å²) in [6.07, 6.45) is 1.77. The van der Waals surface area contributed by atoms with Gasteiger partial charge in [-0.1, -0.05) is 30.3 Å². The first-order chi connectivity index (χ1) is 10.1. The van der Waals surface area contributed by atoms with Crippen molar-refractivity contribution in [2.45, 2.75) is 19.4 Å². The highest BCUT2D eigenvalue weighted by molar-refractivity contribution is 5.96. The monoisotopic (exact) mass is 284 g/mol. The van der Waals surface area contributed by atoms with Gasteiger partial charge in [-0.2, -0.15) is 0 Å². The summed E-state index contributed by atoms with van der Waals surface area (Å²) in [5.74, 6) is -1.47. The number of carboxylic acids is 1. The van der Waals surface area contributed by atoms with Crippen molar-refractivity contribution in [3.63, 3.8) is 0 Å². The summed E-state index contributed by atoms with van der Waals surface area (Å²) in [6, 6.07) is 11.4. The fourth-order valence-electron chi connectivity index (χ4n) is 1.98. The van der Waals surface area contributed by atoms with Crippen LogP contribution in [0.15, 0.2) is 48.7 Å². The number of hydrogen-bond donors (Lipinski definition) is 2. The van der Waals surface area contributed by atoms with Crippen LogP contribution in [0, 0.1) is 6.92 Å². The lowest BCUT2D eigenvalue weighted by Crippen LogP contribution is -2.42. The van der Waals surface area contributed by atoms with Crippen molar-refractivity contribution in [1.29, 1.82) is 0 Å². The molecule has 0 saturated heterocycles. The van der Waals surface area contributed by atoms with E-state index in [4.69, 9.17) is 0 Å². The van der Waals surface area contributed by atoms with Gasteiger partial charge >= 0.3 is 5.97 Å². The number of benzene rings is 1. The topological polar surface area (TPSA) is 79.3 Å². The van der Waals surface area contributed by atoms with Crippen molar-refractivity contribution < 1.29 is 14.7 Å². The summed E-state index contributed by atoms with van der Waals surface area (Å²) in [7, 11) is 0. The molecule has 1 amide bonds. The first-order valence-electron chi connectivity index (χ1n) is 6.56. The number of pyridine rings is 1. The van der Waals surface area contributed by atoms with Crippen LogP contribution in [-0.2, 0) is 11.2 Å². The third-order valence-electron chi connectivity index (χ3n) is 3.04. The molecule has 0 radical (unpaired) electrons. The third-order valence-corrected chi connectivity index (χ3v) is 3.04. The van der Waals surface area contributed by atoms with E-state index in [1.165, 1.54) is 6.20 Å². The number of carbonyl (C=O) groups is 2. The molecule has 1 heterocycles. The zero-order valence-electron chi connectivity index (χ0n) is 11.6. The molecule has 5 heteroatoms. The van der Waals surface area contributed by atoms with Gasteiger partial charge in [-0.05, 0) is 24.6 Å². The molecule has 0 fully saturated rings. The van der Waals surface area contributed by atoms with E-state index < -0.39 is 17.9 Å². The zero-order chi connectivity index (χ0) is 15.2. The Morgan fingerprint density at radius 1 is 1.24 bits per heavy atom. The molecular weight excluding hydrogens is 268 g/mol. The molecule has 0 aliphatic heterocycles. The molecule has 0 aliphatic rings. The Bertz CT molecular complexity index is 641. The third kappa shape index (κ3) is 4.14. The van der Waals surface area contributed by atoms with Gasteiger partial charge in [-0.25, -0.2) is 4.79 Å². The maximum atomic E-state index is 12.1. The highest BCUT2D eigenvalue weighted by atomic mass is 16.4. The van der Waals surface area contributed by atoms with Crippen LogP contribution in [0.2, 0.25) is 0 Å². The number of rotatable bonds is 5. The molecular formula is C16H16N2O3. The van der Waals surface area contributed by atoms with Crippen LogP contribution in [-0.4, -0.2) is 28.0 Å². The molecule has 108 valence electrons. The smallest absolute Gasteiger partial charge is 0.326 e. The van der Waals surface area contributed by atoms with Gasteiger partial charge in [0.1, 0.15) is 6.04 Å². The Kier molecular flexibility index (Phi) is 4.66. The average molecular weight is 284 g/mol. The lowest BCUT2D eigenvalue weighted by atomic mass is 10.1. The van der Waals surface area contributed by atoms with Crippen LogP contribution in [0.4, 0.5) is 0 Å². The summed E-state index contributed by atoms with van der Waals surface area (Å²) in [5, 5.41) is 11.8. The molecule has 21 heavy (non-hydrogen) atoms. The van der Waals surface area contributed by atoms with E-state index in [-0.39, 0.29) is 6.42 Å². The maximum Gasteiger partial charge on any atom is 0.326 e. The summed E-state index contributed by atoms with van der Waals surface area (Å²) in [5.41, 5.74) is 1.97. The van der Waals surface area contributed by atoms with Crippen molar-refractivity contribution >= 4 is 11.9 Å². The van der Waals surface area contributed by atoms with Crippen LogP contribution >= 0.6 is 0 Å². The fourth-order valence-corrected chi connectivity index (χ4v) is 1.98. The molecule has 0 bridgehead atoms. The van der Waals surface area contributed by atoms with Gasteiger partial charge in [0, 0.05) is 23.9 Å². The van der Waals surface area contributed by atoms with Gasteiger partial charge in [0.25, 0.3) is 5.91 Å². The minimum atomic E-state index is -1.06.